The smallest absolute Gasteiger partial charge is 0.306 e. The van der Waals surface area contributed by atoms with Crippen LogP contribution in [0, 0.1) is 0 Å². The van der Waals surface area contributed by atoms with Gasteiger partial charge in [0.2, 0.25) is 0 Å². The molecule has 68 heavy (non-hydrogen) atoms. The molecule has 0 aliphatic carbocycles. The van der Waals surface area contributed by atoms with E-state index >= 15 is 0 Å². The summed E-state index contributed by atoms with van der Waals surface area (Å²) in [6, 6.07) is 0. The van der Waals surface area contributed by atoms with Crippen LogP contribution < -0.4 is 0 Å². The topological polar surface area (TPSA) is 214 Å². The van der Waals surface area contributed by atoms with E-state index in [1.165, 1.54) is 89.9 Å². The minimum atomic E-state index is -1.72. The molecule has 0 aromatic carbocycles. The third-order valence-corrected chi connectivity index (χ3v) is 12.3. The van der Waals surface area contributed by atoms with Gasteiger partial charge >= 0.3 is 5.97 Å². The molecule has 2 rings (SSSR count). The van der Waals surface area contributed by atoms with Crippen molar-refractivity contribution in [1.29, 1.82) is 0 Å². The first kappa shape index (κ1) is 61.8. The van der Waals surface area contributed by atoms with Crippen LogP contribution in [0.25, 0.3) is 0 Å². The molecule has 11 unspecified atom stereocenters. The number of carbonyl (C=O) groups excluding carboxylic acids is 1. The van der Waals surface area contributed by atoms with Gasteiger partial charge in [0.15, 0.2) is 12.6 Å². The van der Waals surface area contributed by atoms with E-state index in [1.54, 1.807) is 0 Å². The van der Waals surface area contributed by atoms with Crippen molar-refractivity contribution in [1.82, 2.24) is 0 Å². The molecule has 0 amide bonds. The number of hydrogen-bond acceptors (Lipinski definition) is 14. The summed E-state index contributed by atoms with van der Waals surface area (Å²) in [5, 5.41) is 72.2. The fourth-order valence-corrected chi connectivity index (χ4v) is 8.03. The molecule has 0 spiro atoms. The van der Waals surface area contributed by atoms with Crippen LogP contribution in [-0.4, -0.2) is 142 Å². The standard InChI is InChI=1S/C54H94O14/c1-3-5-7-9-11-13-15-17-19-21-23-25-27-29-31-33-35-37-46(56)66-43(40-63-38-36-34-32-30-28-26-24-22-20-18-16-14-12-10-8-6-4-2)41-64-53-52(62)50(60)48(58)45(68-53)42-65-54-51(61)49(59)47(57)44(39-55)67-54/h5,7,11,13,17,19,23,25,29,31,43-45,47-55,57-62H,3-4,6,8-10,12,14-16,18,20-22,24,26-28,30,32-42H2,1-2H3/b7-5-,13-11-,19-17-,25-23-,31-29-. The Morgan fingerprint density at radius 1 is 0.500 bits per heavy atom. The van der Waals surface area contributed by atoms with Gasteiger partial charge in [0, 0.05) is 13.0 Å². The molecule has 2 heterocycles. The number of ether oxygens (including phenoxy) is 6. The van der Waals surface area contributed by atoms with Gasteiger partial charge in [-0.2, -0.15) is 0 Å². The molecule has 0 radical (unpaired) electrons. The second-order valence-corrected chi connectivity index (χ2v) is 18.3. The molecule has 2 aliphatic heterocycles. The fourth-order valence-electron chi connectivity index (χ4n) is 8.03. The van der Waals surface area contributed by atoms with Crippen LogP contribution in [0.4, 0.5) is 0 Å². The first-order valence-electron chi connectivity index (χ1n) is 26.4. The fraction of sp³-hybridized carbons (Fsp3) is 0.796. The van der Waals surface area contributed by atoms with Crippen molar-refractivity contribution in [3.05, 3.63) is 60.8 Å². The lowest BCUT2D eigenvalue weighted by Gasteiger charge is -2.42. The summed E-state index contributed by atoms with van der Waals surface area (Å²) < 4.78 is 34.2. The van der Waals surface area contributed by atoms with Crippen molar-refractivity contribution in [2.45, 2.75) is 242 Å². The highest BCUT2D eigenvalue weighted by Crippen LogP contribution is 2.26. The number of hydrogen-bond donors (Lipinski definition) is 7. The molecule has 14 heteroatoms. The number of rotatable bonds is 41. The number of unbranched alkanes of at least 4 members (excludes halogenated alkanes) is 17. The van der Waals surface area contributed by atoms with Gasteiger partial charge in [-0.15, -0.1) is 0 Å². The second kappa shape index (κ2) is 41.3. The number of aliphatic hydroxyl groups excluding tert-OH is 7. The number of esters is 1. The largest absolute Gasteiger partial charge is 0.457 e. The summed E-state index contributed by atoms with van der Waals surface area (Å²) in [5.41, 5.74) is 0. The Hall–Kier alpha value is -2.31. The molecule has 2 aliphatic rings. The molecule has 0 aromatic heterocycles. The Morgan fingerprint density at radius 3 is 1.44 bits per heavy atom. The van der Waals surface area contributed by atoms with Gasteiger partial charge in [0.05, 0.1) is 26.4 Å². The highest BCUT2D eigenvalue weighted by Gasteiger charge is 2.47. The van der Waals surface area contributed by atoms with E-state index in [9.17, 15) is 40.5 Å². The van der Waals surface area contributed by atoms with Crippen molar-refractivity contribution < 1.29 is 69.0 Å². The Kier molecular flexibility index (Phi) is 37.6. The Morgan fingerprint density at radius 2 is 0.941 bits per heavy atom. The summed E-state index contributed by atoms with van der Waals surface area (Å²) in [7, 11) is 0. The molecule has 0 aromatic rings. The Bertz CT molecular complexity index is 1350. The number of aliphatic hydroxyl groups is 7. The lowest BCUT2D eigenvalue weighted by Crippen LogP contribution is -2.61. The molecular formula is C54H94O14. The molecule has 14 nitrogen and oxygen atoms in total. The van der Waals surface area contributed by atoms with Crippen molar-refractivity contribution in [3.63, 3.8) is 0 Å². The van der Waals surface area contributed by atoms with E-state index in [2.05, 4.69) is 68.5 Å². The number of allylic oxidation sites excluding steroid dienone is 10. The van der Waals surface area contributed by atoms with Crippen LogP contribution in [0.2, 0.25) is 0 Å². The summed E-state index contributed by atoms with van der Waals surface area (Å²) in [6.07, 6.45) is 32.9. The maximum atomic E-state index is 13.0. The molecular weight excluding hydrogens is 873 g/mol. The van der Waals surface area contributed by atoms with Crippen molar-refractivity contribution in [2.75, 3.05) is 33.0 Å². The molecule has 0 bridgehead atoms. The monoisotopic (exact) mass is 967 g/mol. The zero-order valence-electron chi connectivity index (χ0n) is 41.8. The average molecular weight is 967 g/mol. The van der Waals surface area contributed by atoms with E-state index in [4.69, 9.17) is 28.4 Å². The van der Waals surface area contributed by atoms with E-state index in [0.717, 1.165) is 51.4 Å². The Balaban J connectivity index is 1.79. The minimum absolute atomic E-state index is 0.0387. The maximum Gasteiger partial charge on any atom is 0.306 e. The van der Waals surface area contributed by atoms with Crippen LogP contribution in [0.3, 0.4) is 0 Å². The second-order valence-electron chi connectivity index (χ2n) is 18.3. The first-order chi connectivity index (χ1) is 33.1. The van der Waals surface area contributed by atoms with E-state index in [-0.39, 0.29) is 19.6 Å². The first-order valence-corrected chi connectivity index (χ1v) is 26.4. The molecule has 2 saturated heterocycles. The molecule has 0 saturated carbocycles. The minimum Gasteiger partial charge on any atom is -0.457 e. The summed E-state index contributed by atoms with van der Waals surface area (Å²) in [4.78, 5) is 13.0. The van der Waals surface area contributed by atoms with Crippen LogP contribution in [0.1, 0.15) is 174 Å². The zero-order valence-corrected chi connectivity index (χ0v) is 41.8. The summed E-state index contributed by atoms with van der Waals surface area (Å²) in [5.74, 6) is -0.432. The zero-order chi connectivity index (χ0) is 49.5. The van der Waals surface area contributed by atoms with Crippen molar-refractivity contribution >= 4 is 5.97 Å². The van der Waals surface area contributed by atoms with Gasteiger partial charge in [-0.05, 0) is 51.4 Å². The SMILES string of the molecule is CC/C=C\C/C=C\C/C=C\C/C=C\C/C=C\CCCC(=O)OC(COCCCCCCCCCCCCCCCCCCC)COC1OC(COC2OC(CO)C(O)C(O)C2O)C(O)C(O)C1O. The van der Waals surface area contributed by atoms with Gasteiger partial charge < -0.3 is 64.2 Å². The van der Waals surface area contributed by atoms with Crippen LogP contribution in [0.15, 0.2) is 60.8 Å². The van der Waals surface area contributed by atoms with Gasteiger partial charge in [-0.1, -0.05) is 177 Å². The Labute approximate surface area is 409 Å². The predicted octanol–water partition coefficient (Wildman–Crippen LogP) is 8.13. The van der Waals surface area contributed by atoms with Crippen molar-refractivity contribution in [3.8, 4) is 0 Å². The lowest BCUT2D eigenvalue weighted by atomic mass is 9.98. The average Bonchev–Trinajstić information content (AvgIpc) is 3.33. The number of carbonyl (C=O) groups is 1. The highest BCUT2D eigenvalue weighted by atomic mass is 16.7. The van der Waals surface area contributed by atoms with Crippen LogP contribution in [0.5, 0.6) is 0 Å². The van der Waals surface area contributed by atoms with Crippen LogP contribution >= 0.6 is 0 Å². The summed E-state index contributed by atoms with van der Waals surface area (Å²) >= 11 is 0. The summed E-state index contributed by atoms with van der Waals surface area (Å²) in [6.45, 7) is 3.51. The molecule has 394 valence electrons. The van der Waals surface area contributed by atoms with Gasteiger partial charge in [-0.3, -0.25) is 4.79 Å². The highest BCUT2D eigenvalue weighted by molar-refractivity contribution is 5.69. The predicted molar refractivity (Wildman–Crippen MR) is 266 cm³/mol. The molecule has 2 fully saturated rings. The van der Waals surface area contributed by atoms with Gasteiger partial charge in [-0.25, -0.2) is 0 Å². The molecule has 7 N–H and O–H groups in total. The third kappa shape index (κ3) is 28.5. The molecule has 11 atom stereocenters. The van der Waals surface area contributed by atoms with E-state index in [0.29, 0.717) is 19.4 Å². The lowest BCUT2D eigenvalue weighted by molar-refractivity contribution is -0.332. The third-order valence-electron chi connectivity index (χ3n) is 12.3. The van der Waals surface area contributed by atoms with Gasteiger partial charge in [0.25, 0.3) is 0 Å². The van der Waals surface area contributed by atoms with Gasteiger partial charge in [0.1, 0.15) is 54.9 Å². The van der Waals surface area contributed by atoms with E-state index in [1.807, 2.05) is 6.08 Å². The maximum absolute atomic E-state index is 13.0. The van der Waals surface area contributed by atoms with Crippen LogP contribution in [-0.2, 0) is 33.2 Å². The quantitative estimate of drug-likeness (QED) is 0.0175. The van der Waals surface area contributed by atoms with Crippen molar-refractivity contribution in [2.24, 2.45) is 0 Å². The van der Waals surface area contributed by atoms with E-state index < -0.39 is 86.7 Å². The normalized spacial score (nSPS) is 26.4.